The number of rotatable bonds is 8. The van der Waals surface area contributed by atoms with E-state index in [1.54, 1.807) is 61.5 Å². The standard InChI is InChI=1S/C23H24N2O4S/c1-3-22(25(30(2,27)28)19-10-6-4-7-11-19)23(26)24-18-14-16-21(17-15-18)29-20-12-8-5-9-13-20/h4-17,22H,3H2,1-2H3,(H,24,26)/t22-/m1/s1. The van der Waals surface area contributed by atoms with Gasteiger partial charge >= 0.3 is 0 Å². The van der Waals surface area contributed by atoms with Crippen LogP contribution in [0.1, 0.15) is 13.3 Å². The molecule has 0 spiro atoms. The lowest BCUT2D eigenvalue weighted by Crippen LogP contribution is -2.46. The highest BCUT2D eigenvalue weighted by Crippen LogP contribution is 2.25. The van der Waals surface area contributed by atoms with Gasteiger partial charge in [-0.1, -0.05) is 43.3 Å². The van der Waals surface area contributed by atoms with Crippen LogP contribution >= 0.6 is 0 Å². The zero-order valence-corrected chi connectivity index (χ0v) is 17.7. The molecule has 0 aliphatic carbocycles. The Morgan fingerprint density at radius 3 is 1.97 bits per heavy atom. The molecule has 3 aromatic rings. The zero-order chi connectivity index (χ0) is 21.6. The van der Waals surface area contributed by atoms with Crippen molar-refractivity contribution in [3.05, 3.63) is 84.9 Å². The fourth-order valence-corrected chi connectivity index (χ4v) is 4.30. The molecular formula is C23H24N2O4S. The van der Waals surface area contributed by atoms with E-state index in [9.17, 15) is 13.2 Å². The predicted molar refractivity (Wildman–Crippen MR) is 119 cm³/mol. The van der Waals surface area contributed by atoms with Gasteiger partial charge in [-0.05, 0) is 55.0 Å². The SMILES string of the molecule is CC[C@H](C(=O)Nc1ccc(Oc2ccccc2)cc1)N(c1ccccc1)S(C)(=O)=O. The van der Waals surface area contributed by atoms with Crippen molar-refractivity contribution in [2.75, 3.05) is 15.9 Å². The van der Waals surface area contributed by atoms with E-state index in [-0.39, 0.29) is 0 Å². The van der Waals surface area contributed by atoms with Gasteiger partial charge in [0.1, 0.15) is 17.5 Å². The second-order valence-corrected chi connectivity index (χ2v) is 8.61. The van der Waals surface area contributed by atoms with Gasteiger partial charge in [-0.2, -0.15) is 0 Å². The number of sulfonamides is 1. The van der Waals surface area contributed by atoms with Crippen LogP contribution < -0.4 is 14.4 Å². The number of amides is 1. The second kappa shape index (κ2) is 9.45. The highest BCUT2D eigenvalue weighted by atomic mass is 32.2. The van der Waals surface area contributed by atoms with Crippen LogP contribution in [0.2, 0.25) is 0 Å². The molecule has 0 heterocycles. The van der Waals surface area contributed by atoms with Crippen LogP contribution in [0.15, 0.2) is 84.9 Å². The molecule has 0 aliphatic rings. The molecule has 0 bridgehead atoms. The number of ether oxygens (including phenoxy) is 1. The predicted octanol–water partition coefficient (Wildman–Crippen LogP) is 4.66. The van der Waals surface area contributed by atoms with E-state index in [1.807, 2.05) is 30.3 Å². The van der Waals surface area contributed by atoms with Gasteiger partial charge in [-0.25, -0.2) is 8.42 Å². The minimum absolute atomic E-state index is 0.322. The number of carbonyl (C=O) groups is 1. The number of anilines is 2. The van der Waals surface area contributed by atoms with E-state index in [1.165, 1.54) is 0 Å². The van der Waals surface area contributed by atoms with Gasteiger partial charge < -0.3 is 10.1 Å². The van der Waals surface area contributed by atoms with E-state index in [0.29, 0.717) is 29.3 Å². The minimum Gasteiger partial charge on any atom is -0.457 e. The van der Waals surface area contributed by atoms with E-state index in [2.05, 4.69) is 5.32 Å². The fourth-order valence-electron chi connectivity index (χ4n) is 3.09. The molecule has 0 aliphatic heterocycles. The van der Waals surface area contributed by atoms with Crippen molar-refractivity contribution < 1.29 is 17.9 Å². The first-order valence-corrected chi connectivity index (χ1v) is 11.4. The molecular weight excluding hydrogens is 400 g/mol. The van der Waals surface area contributed by atoms with Crippen molar-refractivity contribution in [2.45, 2.75) is 19.4 Å². The summed E-state index contributed by atoms with van der Waals surface area (Å²) in [5.41, 5.74) is 1.01. The maximum absolute atomic E-state index is 12.9. The molecule has 0 radical (unpaired) electrons. The van der Waals surface area contributed by atoms with Gasteiger partial charge in [-0.15, -0.1) is 0 Å². The summed E-state index contributed by atoms with van der Waals surface area (Å²) >= 11 is 0. The van der Waals surface area contributed by atoms with E-state index >= 15 is 0 Å². The molecule has 3 aromatic carbocycles. The van der Waals surface area contributed by atoms with E-state index < -0.39 is 22.0 Å². The van der Waals surface area contributed by atoms with Crippen LogP contribution in [-0.4, -0.2) is 26.6 Å². The van der Waals surface area contributed by atoms with Crippen molar-refractivity contribution >= 4 is 27.3 Å². The summed E-state index contributed by atoms with van der Waals surface area (Å²) in [7, 11) is -3.66. The summed E-state index contributed by atoms with van der Waals surface area (Å²) in [5, 5.41) is 2.81. The molecule has 30 heavy (non-hydrogen) atoms. The molecule has 156 valence electrons. The zero-order valence-electron chi connectivity index (χ0n) is 16.9. The monoisotopic (exact) mass is 424 g/mol. The maximum atomic E-state index is 12.9. The van der Waals surface area contributed by atoms with Crippen LogP contribution in [0.3, 0.4) is 0 Å². The third kappa shape index (κ3) is 5.39. The Labute approximate surface area is 177 Å². The van der Waals surface area contributed by atoms with Gasteiger partial charge in [0.05, 0.1) is 11.9 Å². The number of benzene rings is 3. The van der Waals surface area contributed by atoms with Crippen molar-refractivity contribution in [1.29, 1.82) is 0 Å². The molecule has 0 saturated carbocycles. The summed E-state index contributed by atoms with van der Waals surface area (Å²) < 4.78 is 31.8. The Bertz CT molecular complexity index is 1070. The Morgan fingerprint density at radius 2 is 1.43 bits per heavy atom. The van der Waals surface area contributed by atoms with Gasteiger partial charge in [0, 0.05) is 5.69 Å². The highest BCUT2D eigenvalue weighted by molar-refractivity contribution is 7.92. The molecule has 0 saturated heterocycles. The number of para-hydroxylation sites is 2. The molecule has 7 heteroatoms. The molecule has 0 aromatic heterocycles. The molecule has 1 N–H and O–H groups in total. The first-order valence-electron chi connectivity index (χ1n) is 9.57. The lowest BCUT2D eigenvalue weighted by atomic mass is 10.2. The Balaban J connectivity index is 1.75. The average molecular weight is 425 g/mol. The molecule has 0 unspecified atom stereocenters. The maximum Gasteiger partial charge on any atom is 0.248 e. The third-order valence-electron chi connectivity index (χ3n) is 4.44. The van der Waals surface area contributed by atoms with Gasteiger partial charge in [0.25, 0.3) is 0 Å². The van der Waals surface area contributed by atoms with Gasteiger partial charge in [0.2, 0.25) is 15.9 Å². The number of hydrogen-bond donors (Lipinski definition) is 1. The summed E-state index contributed by atoms with van der Waals surface area (Å²) in [6.07, 6.45) is 1.43. The lowest BCUT2D eigenvalue weighted by molar-refractivity contribution is -0.117. The quantitative estimate of drug-likeness (QED) is 0.571. The summed E-state index contributed by atoms with van der Waals surface area (Å²) in [6.45, 7) is 1.78. The summed E-state index contributed by atoms with van der Waals surface area (Å²) in [6, 6.07) is 24.1. The van der Waals surface area contributed by atoms with Crippen molar-refractivity contribution in [2.24, 2.45) is 0 Å². The molecule has 1 atom stereocenters. The molecule has 1 amide bonds. The topological polar surface area (TPSA) is 75.7 Å². The Morgan fingerprint density at radius 1 is 0.900 bits per heavy atom. The number of nitrogens with one attached hydrogen (secondary N) is 1. The fraction of sp³-hybridized carbons (Fsp3) is 0.174. The van der Waals surface area contributed by atoms with Crippen molar-refractivity contribution in [3.8, 4) is 11.5 Å². The molecule has 3 rings (SSSR count). The Kier molecular flexibility index (Phi) is 6.74. The van der Waals surface area contributed by atoms with Gasteiger partial charge in [-0.3, -0.25) is 9.10 Å². The largest absolute Gasteiger partial charge is 0.457 e. The smallest absolute Gasteiger partial charge is 0.248 e. The third-order valence-corrected chi connectivity index (χ3v) is 5.62. The summed E-state index contributed by atoms with van der Waals surface area (Å²) in [4.78, 5) is 12.9. The number of hydrogen-bond acceptors (Lipinski definition) is 4. The molecule has 6 nitrogen and oxygen atoms in total. The Hall–Kier alpha value is -3.32. The van der Waals surface area contributed by atoms with Crippen LogP contribution in [0, 0.1) is 0 Å². The van der Waals surface area contributed by atoms with Crippen LogP contribution in [0.4, 0.5) is 11.4 Å². The van der Waals surface area contributed by atoms with Crippen LogP contribution in [0.5, 0.6) is 11.5 Å². The van der Waals surface area contributed by atoms with Crippen molar-refractivity contribution in [3.63, 3.8) is 0 Å². The first kappa shape index (κ1) is 21.4. The van der Waals surface area contributed by atoms with Crippen molar-refractivity contribution in [1.82, 2.24) is 0 Å². The summed E-state index contributed by atoms with van der Waals surface area (Å²) in [5.74, 6) is 0.948. The average Bonchev–Trinajstić information content (AvgIpc) is 2.73. The highest BCUT2D eigenvalue weighted by Gasteiger charge is 2.31. The first-order chi connectivity index (χ1) is 14.4. The van der Waals surface area contributed by atoms with Crippen LogP contribution in [-0.2, 0) is 14.8 Å². The van der Waals surface area contributed by atoms with E-state index in [4.69, 9.17) is 4.74 Å². The van der Waals surface area contributed by atoms with Gasteiger partial charge in [0.15, 0.2) is 0 Å². The number of carbonyl (C=O) groups excluding carboxylic acids is 1. The van der Waals surface area contributed by atoms with E-state index in [0.717, 1.165) is 10.6 Å². The normalized spacial score (nSPS) is 12.1. The van der Waals surface area contributed by atoms with Crippen LogP contribution in [0.25, 0.3) is 0 Å². The number of nitrogens with zero attached hydrogens (tertiary/aromatic N) is 1. The lowest BCUT2D eigenvalue weighted by Gasteiger charge is -2.30. The molecule has 0 fully saturated rings. The minimum atomic E-state index is -3.66. The second-order valence-electron chi connectivity index (χ2n) is 6.75.